The standard InChI is InChI=1S/C27H26FN9O2/c1-17-25(33-34-37(17)20-5-9-35(16-30)10-6-20)18-11-23-32-15-21(13-29)36(23)24(12-18)39-26(27(38-2)7-8-27)22-4-3-19(28)14-31-22/h3-4,11-12,14-15,20,26H,5-10H2,1-2H3. The van der Waals surface area contributed by atoms with Crippen LogP contribution in [0.2, 0.25) is 0 Å². The number of nitrogens with zero attached hydrogens (tertiary/aromatic N) is 9. The summed E-state index contributed by atoms with van der Waals surface area (Å²) >= 11 is 0. The Balaban J connectivity index is 1.41. The molecule has 1 unspecified atom stereocenters. The first kappa shape index (κ1) is 24.8. The first-order valence-corrected chi connectivity index (χ1v) is 12.8. The van der Waals surface area contributed by atoms with Crippen LogP contribution in [0.3, 0.4) is 0 Å². The highest BCUT2D eigenvalue weighted by Gasteiger charge is 2.53. The van der Waals surface area contributed by atoms with E-state index in [4.69, 9.17) is 9.47 Å². The molecule has 1 aliphatic heterocycles. The van der Waals surface area contributed by atoms with Gasteiger partial charge in [0.1, 0.15) is 34.5 Å². The minimum Gasteiger partial charge on any atom is -0.466 e. The number of piperidine rings is 1. The fourth-order valence-electron chi connectivity index (χ4n) is 5.34. The van der Waals surface area contributed by atoms with Crippen LogP contribution in [0.1, 0.15) is 54.9 Å². The molecule has 5 heterocycles. The van der Waals surface area contributed by atoms with Crippen LogP contribution in [0.25, 0.3) is 16.9 Å². The molecule has 2 aliphatic rings. The molecular formula is C27H26FN9O2. The molecule has 6 rings (SSSR count). The van der Waals surface area contributed by atoms with Crippen molar-refractivity contribution in [1.82, 2.24) is 34.3 Å². The predicted octanol–water partition coefficient (Wildman–Crippen LogP) is 3.72. The van der Waals surface area contributed by atoms with Crippen molar-refractivity contribution in [3.05, 3.63) is 59.6 Å². The molecule has 12 heteroatoms. The van der Waals surface area contributed by atoms with Gasteiger partial charge in [-0.05, 0) is 50.8 Å². The topological polar surface area (TPSA) is 130 Å². The van der Waals surface area contributed by atoms with Crippen molar-refractivity contribution >= 4 is 5.65 Å². The van der Waals surface area contributed by atoms with Crippen molar-refractivity contribution in [2.24, 2.45) is 0 Å². The largest absolute Gasteiger partial charge is 0.466 e. The van der Waals surface area contributed by atoms with E-state index in [0.717, 1.165) is 43.1 Å². The van der Waals surface area contributed by atoms with Crippen LogP contribution < -0.4 is 4.74 Å². The fraction of sp³-hybridized carbons (Fsp3) is 0.407. The number of imidazole rings is 1. The minimum absolute atomic E-state index is 0.150. The molecule has 39 heavy (non-hydrogen) atoms. The summed E-state index contributed by atoms with van der Waals surface area (Å²) in [7, 11) is 1.62. The Hall–Kier alpha value is -4.55. The van der Waals surface area contributed by atoms with Crippen LogP contribution in [0.5, 0.6) is 5.88 Å². The second-order valence-electron chi connectivity index (χ2n) is 9.99. The van der Waals surface area contributed by atoms with Gasteiger partial charge in [0.15, 0.2) is 12.3 Å². The zero-order valence-corrected chi connectivity index (χ0v) is 21.6. The van der Waals surface area contributed by atoms with Crippen LogP contribution in [0, 0.1) is 35.5 Å². The van der Waals surface area contributed by atoms with Gasteiger partial charge >= 0.3 is 0 Å². The van der Waals surface area contributed by atoms with E-state index < -0.39 is 17.5 Å². The molecule has 4 aromatic rings. The zero-order valence-electron chi connectivity index (χ0n) is 21.6. The van der Waals surface area contributed by atoms with Gasteiger partial charge in [0.25, 0.3) is 0 Å². The summed E-state index contributed by atoms with van der Waals surface area (Å²) in [6, 6.07) is 8.92. The van der Waals surface area contributed by atoms with Crippen molar-refractivity contribution < 1.29 is 13.9 Å². The zero-order chi connectivity index (χ0) is 27.1. The molecule has 0 spiro atoms. The Morgan fingerprint density at radius 3 is 2.56 bits per heavy atom. The Kier molecular flexibility index (Phi) is 6.12. The quantitative estimate of drug-likeness (QED) is 0.330. The van der Waals surface area contributed by atoms with E-state index >= 15 is 0 Å². The summed E-state index contributed by atoms with van der Waals surface area (Å²) in [6.45, 7) is 3.34. The summed E-state index contributed by atoms with van der Waals surface area (Å²) in [5, 5.41) is 27.9. The second-order valence-corrected chi connectivity index (χ2v) is 9.99. The third kappa shape index (κ3) is 4.33. The first-order valence-electron chi connectivity index (χ1n) is 12.8. The van der Waals surface area contributed by atoms with Gasteiger partial charge in [0, 0.05) is 31.8 Å². The van der Waals surface area contributed by atoms with Crippen molar-refractivity contribution in [2.75, 3.05) is 20.2 Å². The Morgan fingerprint density at radius 1 is 1.13 bits per heavy atom. The number of rotatable bonds is 7. The minimum atomic E-state index is -0.641. The van der Waals surface area contributed by atoms with Crippen molar-refractivity contribution in [3.63, 3.8) is 0 Å². The molecule has 1 saturated carbocycles. The molecule has 1 saturated heterocycles. The Bertz CT molecular complexity index is 1600. The molecule has 1 atom stereocenters. The average molecular weight is 528 g/mol. The van der Waals surface area contributed by atoms with Crippen molar-refractivity contribution in [1.29, 1.82) is 10.5 Å². The molecule has 0 radical (unpaired) electrons. The van der Waals surface area contributed by atoms with Gasteiger partial charge < -0.3 is 14.4 Å². The summed E-state index contributed by atoms with van der Waals surface area (Å²) in [5.41, 5.74) is 3.04. The predicted molar refractivity (Wildman–Crippen MR) is 136 cm³/mol. The lowest BCUT2D eigenvalue weighted by atomic mass is 10.0. The Labute approximate surface area is 224 Å². The van der Waals surface area contributed by atoms with Gasteiger partial charge in [-0.1, -0.05) is 5.21 Å². The van der Waals surface area contributed by atoms with E-state index in [1.807, 2.05) is 23.7 Å². The number of fused-ring (bicyclic) bond motifs is 1. The van der Waals surface area contributed by atoms with Crippen LogP contribution in [-0.4, -0.2) is 60.1 Å². The lowest BCUT2D eigenvalue weighted by molar-refractivity contribution is -0.0244. The SMILES string of the molecule is COC1(C(Oc2cc(-c3nnn(C4CCN(C#N)CC4)c3C)cc3ncc(C#N)n23)c2ccc(F)cn2)CC1. The van der Waals surface area contributed by atoms with Gasteiger partial charge in [-0.15, -0.1) is 5.10 Å². The van der Waals surface area contributed by atoms with Gasteiger partial charge in [-0.3, -0.25) is 9.38 Å². The number of methoxy groups -OCH3 is 1. The number of pyridine rings is 2. The highest BCUT2D eigenvalue weighted by molar-refractivity contribution is 5.68. The number of hydrogen-bond acceptors (Lipinski definition) is 9. The van der Waals surface area contributed by atoms with E-state index in [1.165, 1.54) is 12.3 Å². The molecule has 0 aromatic carbocycles. The molecule has 2 fully saturated rings. The van der Waals surface area contributed by atoms with E-state index in [9.17, 15) is 14.9 Å². The summed E-state index contributed by atoms with van der Waals surface area (Å²) in [5.74, 6) is -0.0744. The van der Waals surface area contributed by atoms with Gasteiger partial charge in [0.2, 0.25) is 5.88 Å². The maximum atomic E-state index is 13.7. The third-order valence-electron chi connectivity index (χ3n) is 7.72. The van der Waals surface area contributed by atoms with Gasteiger partial charge in [0.05, 0.1) is 29.8 Å². The van der Waals surface area contributed by atoms with E-state index in [2.05, 4.69) is 32.5 Å². The maximum Gasteiger partial charge on any atom is 0.201 e. The lowest BCUT2D eigenvalue weighted by Gasteiger charge is -2.28. The number of ether oxygens (including phenoxy) is 2. The number of hydrogen-bond donors (Lipinski definition) is 0. The summed E-state index contributed by atoms with van der Waals surface area (Å²) in [6.07, 6.45) is 7.34. The third-order valence-corrected chi connectivity index (χ3v) is 7.72. The van der Waals surface area contributed by atoms with E-state index in [1.54, 1.807) is 22.5 Å². The highest BCUT2D eigenvalue weighted by Crippen LogP contribution is 2.50. The molecule has 0 N–H and O–H groups in total. The first-order chi connectivity index (χ1) is 19.0. The normalized spacial score (nSPS) is 17.5. The van der Waals surface area contributed by atoms with Crippen LogP contribution in [0.4, 0.5) is 4.39 Å². The van der Waals surface area contributed by atoms with Gasteiger partial charge in [-0.2, -0.15) is 10.5 Å². The van der Waals surface area contributed by atoms with E-state index in [0.29, 0.717) is 41.7 Å². The summed E-state index contributed by atoms with van der Waals surface area (Å²) < 4.78 is 29.7. The van der Waals surface area contributed by atoms with Crippen LogP contribution >= 0.6 is 0 Å². The smallest absolute Gasteiger partial charge is 0.201 e. The molecule has 4 aromatic heterocycles. The highest BCUT2D eigenvalue weighted by atomic mass is 19.1. The van der Waals surface area contributed by atoms with Crippen LogP contribution in [0.15, 0.2) is 36.7 Å². The van der Waals surface area contributed by atoms with Crippen LogP contribution in [-0.2, 0) is 4.74 Å². The van der Waals surface area contributed by atoms with Gasteiger partial charge in [-0.25, -0.2) is 14.1 Å². The molecule has 11 nitrogen and oxygen atoms in total. The number of halogens is 1. The van der Waals surface area contributed by atoms with E-state index in [-0.39, 0.29) is 6.04 Å². The Morgan fingerprint density at radius 2 is 1.92 bits per heavy atom. The molecule has 1 aliphatic carbocycles. The average Bonchev–Trinajstić information content (AvgIpc) is 3.50. The molecule has 198 valence electrons. The monoisotopic (exact) mass is 527 g/mol. The maximum absolute atomic E-state index is 13.7. The van der Waals surface area contributed by atoms with Crippen molar-refractivity contribution in [3.8, 4) is 29.4 Å². The molecule has 0 amide bonds. The lowest BCUT2D eigenvalue weighted by Crippen LogP contribution is -2.31. The number of aromatic nitrogens is 6. The number of likely N-dealkylation sites (tertiary alicyclic amines) is 1. The summed E-state index contributed by atoms with van der Waals surface area (Å²) in [4.78, 5) is 10.5. The number of nitriles is 2. The second kappa shape index (κ2) is 9.64. The fourth-order valence-corrected chi connectivity index (χ4v) is 5.34. The van der Waals surface area contributed by atoms with Crippen molar-refractivity contribution in [2.45, 2.75) is 50.4 Å². The molecule has 0 bridgehead atoms. The molecular weight excluding hydrogens is 501 g/mol.